The monoisotopic (exact) mass is 488 g/mol. The third-order valence-electron chi connectivity index (χ3n) is 7.23. The van der Waals surface area contributed by atoms with Gasteiger partial charge in [0.05, 0.1) is 12.0 Å². The minimum absolute atomic E-state index is 0.121. The lowest BCUT2D eigenvalue weighted by Gasteiger charge is -2.37. The molecule has 1 unspecified atom stereocenters. The highest BCUT2D eigenvalue weighted by Gasteiger charge is 2.36. The van der Waals surface area contributed by atoms with Gasteiger partial charge in [-0.05, 0) is 73.7 Å². The number of carbonyl (C=O) groups is 1. The Morgan fingerprint density at radius 1 is 0.889 bits per heavy atom. The van der Waals surface area contributed by atoms with Crippen LogP contribution in [0.2, 0.25) is 0 Å². The first-order chi connectivity index (χ1) is 17.5. The maximum Gasteiger partial charge on any atom is 0.316 e. The van der Waals surface area contributed by atoms with Crippen molar-refractivity contribution in [2.24, 2.45) is 0 Å². The first-order valence-electron chi connectivity index (χ1n) is 13.1. The zero-order chi connectivity index (χ0) is 25.4. The van der Waals surface area contributed by atoms with Crippen LogP contribution in [0.1, 0.15) is 38.7 Å². The highest BCUT2D eigenvalue weighted by Crippen LogP contribution is 2.31. The molecule has 4 nitrogen and oxygen atoms in total. The summed E-state index contributed by atoms with van der Waals surface area (Å²) in [5.74, 6) is -0.334. The molecular formula is C31H37FN2O2. The number of piperazine rings is 1. The van der Waals surface area contributed by atoms with Crippen LogP contribution in [0.3, 0.4) is 0 Å². The van der Waals surface area contributed by atoms with Crippen LogP contribution >= 0.6 is 0 Å². The largest absolute Gasteiger partial charge is 0.465 e. The van der Waals surface area contributed by atoms with E-state index in [1.54, 1.807) is 0 Å². The Kier molecular flexibility index (Phi) is 8.76. The van der Waals surface area contributed by atoms with Crippen molar-refractivity contribution < 1.29 is 13.9 Å². The molecule has 3 aromatic carbocycles. The molecule has 0 aromatic heterocycles. The molecule has 1 saturated heterocycles. The molecule has 1 aliphatic rings. The summed E-state index contributed by atoms with van der Waals surface area (Å²) >= 11 is 0. The number of halogens is 1. The van der Waals surface area contributed by atoms with E-state index in [9.17, 15) is 9.18 Å². The van der Waals surface area contributed by atoms with E-state index in [1.807, 2.05) is 56.3 Å². The van der Waals surface area contributed by atoms with Crippen LogP contribution in [-0.2, 0) is 14.9 Å². The number of nitrogens with zero attached hydrogens (tertiary/aromatic N) is 2. The Labute approximate surface area is 214 Å². The lowest BCUT2D eigenvalue weighted by atomic mass is 9.78. The normalized spacial score (nSPS) is 15.9. The Balaban J connectivity index is 1.29. The summed E-state index contributed by atoms with van der Waals surface area (Å²) in [5.41, 5.74) is 3.74. The molecule has 190 valence electrons. The zero-order valence-electron chi connectivity index (χ0n) is 21.5. The number of anilines is 1. The fourth-order valence-corrected chi connectivity index (χ4v) is 4.92. The van der Waals surface area contributed by atoms with Crippen molar-refractivity contribution in [3.8, 4) is 11.1 Å². The van der Waals surface area contributed by atoms with Crippen molar-refractivity contribution in [3.63, 3.8) is 0 Å². The molecule has 4 rings (SSSR count). The van der Waals surface area contributed by atoms with Crippen LogP contribution in [0.25, 0.3) is 11.1 Å². The lowest BCUT2D eigenvalue weighted by Crippen LogP contribution is -2.47. The predicted molar refractivity (Wildman–Crippen MR) is 145 cm³/mol. The Morgan fingerprint density at radius 2 is 1.50 bits per heavy atom. The molecule has 0 bridgehead atoms. The number of carbonyl (C=O) groups excluding carboxylic acids is 1. The molecule has 0 radical (unpaired) electrons. The second-order valence-corrected chi connectivity index (χ2v) is 9.82. The van der Waals surface area contributed by atoms with Gasteiger partial charge in [0.25, 0.3) is 0 Å². The van der Waals surface area contributed by atoms with E-state index < -0.39 is 5.41 Å². The molecule has 1 fully saturated rings. The quantitative estimate of drug-likeness (QED) is 0.313. The van der Waals surface area contributed by atoms with Gasteiger partial charge in [-0.15, -0.1) is 0 Å². The van der Waals surface area contributed by atoms with Gasteiger partial charge in [-0.25, -0.2) is 4.39 Å². The maximum absolute atomic E-state index is 13.2. The first kappa shape index (κ1) is 25.9. The number of hydrogen-bond acceptors (Lipinski definition) is 4. The standard InChI is InChI=1S/C31H37FN2O2/c1-3-24-36-30(35)31(2,27-8-5-4-6-9-27)18-7-19-33-20-22-34(23-21-33)29-16-12-26(13-17-29)25-10-14-28(32)15-11-25/h4-6,8-17H,3,7,18-24H2,1-2H3. The first-order valence-corrected chi connectivity index (χ1v) is 13.1. The Bertz CT molecular complexity index is 1090. The molecule has 1 aliphatic heterocycles. The Hall–Kier alpha value is -3.18. The topological polar surface area (TPSA) is 32.8 Å². The Morgan fingerprint density at radius 3 is 2.11 bits per heavy atom. The number of benzene rings is 3. The van der Waals surface area contributed by atoms with Gasteiger partial charge >= 0.3 is 5.97 Å². The van der Waals surface area contributed by atoms with Crippen LogP contribution in [0.4, 0.5) is 10.1 Å². The predicted octanol–water partition coefficient (Wildman–Crippen LogP) is 6.31. The summed E-state index contributed by atoms with van der Waals surface area (Å²) in [6.07, 6.45) is 2.54. The van der Waals surface area contributed by atoms with Crippen molar-refractivity contribution in [2.75, 3.05) is 44.2 Å². The average Bonchev–Trinajstić information content (AvgIpc) is 2.93. The smallest absolute Gasteiger partial charge is 0.316 e. The van der Waals surface area contributed by atoms with E-state index in [2.05, 4.69) is 34.1 Å². The van der Waals surface area contributed by atoms with Gasteiger partial charge < -0.3 is 9.64 Å². The van der Waals surface area contributed by atoms with Gasteiger partial charge in [0, 0.05) is 31.9 Å². The summed E-state index contributed by atoms with van der Waals surface area (Å²) in [5, 5.41) is 0. The second kappa shape index (κ2) is 12.2. The zero-order valence-corrected chi connectivity index (χ0v) is 21.5. The molecule has 0 amide bonds. The van der Waals surface area contributed by atoms with Crippen molar-refractivity contribution in [2.45, 2.75) is 38.5 Å². The highest BCUT2D eigenvalue weighted by molar-refractivity contribution is 5.82. The van der Waals surface area contributed by atoms with Crippen molar-refractivity contribution in [1.29, 1.82) is 0 Å². The average molecular weight is 489 g/mol. The summed E-state index contributed by atoms with van der Waals surface area (Å²) in [6, 6.07) is 25.2. The van der Waals surface area contributed by atoms with Gasteiger partial charge in [0.1, 0.15) is 5.82 Å². The number of rotatable bonds is 10. The summed E-state index contributed by atoms with van der Waals surface area (Å²) < 4.78 is 18.8. The van der Waals surface area contributed by atoms with Crippen LogP contribution in [0.15, 0.2) is 78.9 Å². The molecule has 36 heavy (non-hydrogen) atoms. The minimum atomic E-state index is -0.621. The number of ether oxygens (including phenoxy) is 1. The van der Waals surface area contributed by atoms with E-state index in [0.29, 0.717) is 6.61 Å². The van der Waals surface area contributed by atoms with Gasteiger partial charge in [-0.1, -0.05) is 61.5 Å². The van der Waals surface area contributed by atoms with E-state index in [1.165, 1.54) is 17.8 Å². The second-order valence-electron chi connectivity index (χ2n) is 9.82. The van der Waals surface area contributed by atoms with Gasteiger partial charge in [0.15, 0.2) is 0 Å². The molecule has 3 aromatic rings. The highest BCUT2D eigenvalue weighted by atomic mass is 19.1. The van der Waals surface area contributed by atoms with Crippen LogP contribution < -0.4 is 4.90 Å². The van der Waals surface area contributed by atoms with Crippen LogP contribution in [-0.4, -0.2) is 50.2 Å². The van der Waals surface area contributed by atoms with Crippen LogP contribution in [0.5, 0.6) is 0 Å². The third kappa shape index (κ3) is 6.33. The molecular weight excluding hydrogens is 451 g/mol. The van der Waals surface area contributed by atoms with Gasteiger partial charge in [0.2, 0.25) is 0 Å². The molecule has 0 N–H and O–H groups in total. The molecule has 0 saturated carbocycles. The fourth-order valence-electron chi connectivity index (χ4n) is 4.92. The van der Waals surface area contributed by atoms with E-state index in [4.69, 9.17) is 4.74 Å². The van der Waals surface area contributed by atoms with E-state index in [0.717, 1.165) is 68.7 Å². The van der Waals surface area contributed by atoms with Crippen molar-refractivity contribution >= 4 is 11.7 Å². The molecule has 5 heteroatoms. The van der Waals surface area contributed by atoms with Crippen molar-refractivity contribution in [1.82, 2.24) is 4.90 Å². The molecule has 0 aliphatic carbocycles. The van der Waals surface area contributed by atoms with Crippen molar-refractivity contribution in [3.05, 3.63) is 90.2 Å². The molecule has 1 atom stereocenters. The number of hydrogen-bond donors (Lipinski definition) is 0. The van der Waals surface area contributed by atoms with Gasteiger partial charge in [-0.2, -0.15) is 0 Å². The summed E-state index contributed by atoms with van der Waals surface area (Å²) in [6.45, 7) is 9.44. The fraction of sp³-hybridized carbons (Fsp3) is 0.387. The van der Waals surface area contributed by atoms with E-state index >= 15 is 0 Å². The maximum atomic E-state index is 13.2. The molecule has 1 heterocycles. The van der Waals surface area contributed by atoms with E-state index in [-0.39, 0.29) is 11.8 Å². The number of esters is 1. The summed E-state index contributed by atoms with van der Waals surface area (Å²) in [7, 11) is 0. The third-order valence-corrected chi connectivity index (χ3v) is 7.23. The lowest BCUT2D eigenvalue weighted by molar-refractivity contribution is -0.150. The SMILES string of the molecule is CCCOC(=O)C(C)(CCCN1CCN(c2ccc(-c3ccc(F)cc3)cc2)CC1)c1ccccc1. The minimum Gasteiger partial charge on any atom is -0.465 e. The molecule has 0 spiro atoms. The van der Waals surface area contributed by atoms with Gasteiger partial charge in [-0.3, -0.25) is 9.69 Å². The van der Waals surface area contributed by atoms with Crippen LogP contribution in [0, 0.1) is 5.82 Å². The summed E-state index contributed by atoms with van der Waals surface area (Å²) in [4.78, 5) is 17.9.